The summed E-state index contributed by atoms with van der Waals surface area (Å²) in [5.41, 5.74) is 4.43. The van der Waals surface area contributed by atoms with E-state index in [1.807, 2.05) is 67.1 Å². The zero-order valence-electron chi connectivity index (χ0n) is 21.4. The number of thiophene rings is 1. The Kier molecular flexibility index (Phi) is 8.04. The van der Waals surface area contributed by atoms with Crippen LogP contribution in [0.15, 0.2) is 66.2 Å². The number of hydrogen-bond donors (Lipinski definition) is 1. The zero-order chi connectivity index (χ0) is 27.2. The number of nitrogens with one attached hydrogen (secondary N) is 1. The van der Waals surface area contributed by atoms with E-state index in [0.29, 0.717) is 22.9 Å². The van der Waals surface area contributed by atoms with Gasteiger partial charge < -0.3 is 14.8 Å². The molecule has 38 heavy (non-hydrogen) atoms. The van der Waals surface area contributed by atoms with Gasteiger partial charge in [-0.2, -0.15) is 10.4 Å². The normalized spacial score (nSPS) is 11.1. The Morgan fingerprint density at radius 2 is 1.87 bits per heavy atom. The van der Waals surface area contributed by atoms with Gasteiger partial charge in [0.2, 0.25) is 0 Å². The van der Waals surface area contributed by atoms with E-state index in [1.165, 1.54) is 24.5 Å². The Balaban J connectivity index is 1.63. The SMILES string of the molecule is COC(=O)c1cc(-c2ccccc2)sc1NC(=O)C(C#N)=Cc1ccc(OC)c(Cn2nc(C)cc2C)c1. The lowest BCUT2D eigenvalue weighted by Crippen LogP contribution is -2.15. The van der Waals surface area contributed by atoms with E-state index in [1.54, 1.807) is 25.3 Å². The molecule has 2 aromatic carbocycles. The number of aromatic nitrogens is 2. The fraction of sp³-hybridized carbons (Fsp3) is 0.172. The average Bonchev–Trinajstić information content (AvgIpc) is 3.49. The van der Waals surface area contributed by atoms with Crippen LogP contribution < -0.4 is 10.1 Å². The molecular formula is C29H26N4O4S. The zero-order valence-corrected chi connectivity index (χ0v) is 22.3. The number of esters is 1. The molecule has 0 spiro atoms. The lowest BCUT2D eigenvalue weighted by atomic mass is 10.1. The number of aryl methyl sites for hydroxylation is 2. The van der Waals surface area contributed by atoms with Crippen molar-refractivity contribution in [2.45, 2.75) is 20.4 Å². The van der Waals surface area contributed by atoms with E-state index in [9.17, 15) is 14.9 Å². The number of rotatable bonds is 8. The van der Waals surface area contributed by atoms with Gasteiger partial charge in [0.15, 0.2) is 0 Å². The lowest BCUT2D eigenvalue weighted by Gasteiger charge is -2.11. The average molecular weight is 527 g/mol. The predicted molar refractivity (Wildman–Crippen MR) is 147 cm³/mol. The smallest absolute Gasteiger partial charge is 0.340 e. The molecule has 8 nitrogen and oxygen atoms in total. The van der Waals surface area contributed by atoms with Crippen LogP contribution in [-0.2, 0) is 16.1 Å². The molecule has 0 radical (unpaired) electrons. The number of amides is 1. The summed E-state index contributed by atoms with van der Waals surface area (Å²) in [4.78, 5) is 26.3. The van der Waals surface area contributed by atoms with Crippen LogP contribution in [0.25, 0.3) is 16.5 Å². The summed E-state index contributed by atoms with van der Waals surface area (Å²) in [5.74, 6) is -0.535. The molecular weight excluding hydrogens is 500 g/mol. The molecule has 0 bridgehead atoms. The van der Waals surface area contributed by atoms with E-state index in [4.69, 9.17) is 9.47 Å². The third-order valence-corrected chi connectivity index (χ3v) is 6.93. The molecule has 4 aromatic rings. The molecule has 1 N–H and O–H groups in total. The van der Waals surface area contributed by atoms with Crippen molar-refractivity contribution in [2.75, 3.05) is 19.5 Å². The Hall–Kier alpha value is -4.68. The molecule has 2 aromatic heterocycles. The fourth-order valence-electron chi connectivity index (χ4n) is 3.98. The van der Waals surface area contributed by atoms with Crippen molar-refractivity contribution in [1.29, 1.82) is 5.26 Å². The molecule has 0 aliphatic heterocycles. The van der Waals surface area contributed by atoms with E-state index in [-0.39, 0.29) is 11.1 Å². The summed E-state index contributed by atoms with van der Waals surface area (Å²) in [5, 5.41) is 17.3. The van der Waals surface area contributed by atoms with Gasteiger partial charge in [0.1, 0.15) is 22.4 Å². The Morgan fingerprint density at radius 1 is 1.11 bits per heavy atom. The van der Waals surface area contributed by atoms with Gasteiger partial charge >= 0.3 is 5.97 Å². The van der Waals surface area contributed by atoms with Crippen molar-refractivity contribution in [1.82, 2.24) is 9.78 Å². The number of carbonyl (C=O) groups excluding carboxylic acids is 2. The maximum absolute atomic E-state index is 13.1. The minimum Gasteiger partial charge on any atom is -0.496 e. The number of nitrogens with zero attached hydrogens (tertiary/aromatic N) is 3. The molecule has 0 saturated carbocycles. The molecule has 9 heteroatoms. The first-order chi connectivity index (χ1) is 18.3. The lowest BCUT2D eigenvalue weighted by molar-refractivity contribution is -0.112. The van der Waals surface area contributed by atoms with Crippen LogP contribution in [0.1, 0.15) is 32.9 Å². The van der Waals surface area contributed by atoms with Gasteiger partial charge in [-0.25, -0.2) is 4.79 Å². The minimum absolute atomic E-state index is 0.113. The van der Waals surface area contributed by atoms with Crippen molar-refractivity contribution < 1.29 is 19.1 Å². The first-order valence-corrected chi connectivity index (χ1v) is 12.5. The van der Waals surface area contributed by atoms with Gasteiger partial charge in [0.25, 0.3) is 5.91 Å². The van der Waals surface area contributed by atoms with Gasteiger partial charge in [-0.05, 0) is 55.3 Å². The minimum atomic E-state index is -0.630. The van der Waals surface area contributed by atoms with E-state index >= 15 is 0 Å². The molecule has 0 fully saturated rings. The molecule has 2 heterocycles. The predicted octanol–water partition coefficient (Wildman–Crippen LogP) is 5.62. The summed E-state index contributed by atoms with van der Waals surface area (Å²) in [6.07, 6.45) is 1.50. The van der Waals surface area contributed by atoms with Crippen molar-refractivity contribution in [3.05, 3.63) is 94.3 Å². The monoisotopic (exact) mass is 526 g/mol. The number of carbonyl (C=O) groups is 2. The molecule has 0 unspecified atom stereocenters. The number of ether oxygens (including phenoxy) is 2. The highest BCUT2D eigenvalue weighted by Gasteiger charge is 2.21. The quantitative estimate of drug-likeness (QED) is 0.182. The standard InChI is InChI=1S/C29H26N4O4S/c1-18-12-19(2)33(32-18)17-23-14-20(10-11-25(23)36-3)13-22(16-30)27(34)31-28-24(29(35)37-4)15-26(38-28)21-8-6-5-7-9-21/h5-15H,17H2,1-4H3,(H,31,34). The number of benzene rings is 2. The first kappa shape index (κ1) is 26.4. The fourth-order valence-corrected chi connectivity index (χ4v) is 5.03. The number of nitriles is 1. The van der Waals surface area contributed by atoms with Gasteiger partial charge in [-0.3, -0.25) is 9.48 Å². The second kappa shape index (κ2) is 11.6. The second-order valence-electron chi connectivity index (χ2n) is 8.49. The summed E-state index contributed by atoms with van der Waals surface area (Å²) in [6, 6.07) is 20.5. The van der Waals surface area contributed by atoms with Gasteiger partial charge in [-0.1, -0.05) is 36.4 Å². The topological polar surface area (TPSA) is 106 Å². The molecule has 0 atom stereocenters. The molecule has 0 saturated heterocycles. The highest BCUT2D eigenvalue weighted by Crippen LogP contribution is 2.36. The third-order valence-electron chi connectivity index (χ3n) is 5.83. The van der Waals surface area contributed by atoms with Crippen LogP contribution in [0.2, 0.25) is 0 Å². The van der Waals surface area contributed by atoms with E-state index < -0.39 is 11.9 Å². The first-order valence-electron chi connectivity index (χ1n) is 11.7. The van der Waals surface area contributed by atoms with Crippen LogP contribution in [-0.4, -0.2) is 35.9 Å². The second-order valence-corrected chi connectivity index (χ2v) is 9.54. The van der Waals surface area contributed by atoms with E-state index in [2.05, 4.69) is 10.4 Å². The van der Waals surface area contributed by atoms with Crippen LogP contribution in [0.5, 0.6) is 5.75 Å². The van der Waals surface area contributed by atoms with Crippen molar-refractivity contribution in [3.63, 3.8) is 0 Å². The number of methoxy groups -OCH3 is 2. The molecule has 192 valence electrons. The maximum atomic E-state index is 13.1. The Bertz CT molecular complexity index is 1560. The molecule has 1 amide bonds. The Labute approximate surface area is 224 Å². The maximum Gasteiger partial charge on any atom is 0.340 e. The van der Waals surface area contributed by atoms with Crippen molar-refractivity contribution >= 4 is 34.3 Å². The third kappa shape index (κ3) is 5.82. The van der Waals surface area contributed by atoms with Crippen LogP contribution in [0, 0.1) is 25.2 Å². The summed E-state index contributed by atoms with van der Waals surface area (Å²) < 4.78 is 12.3. The van der Waals surface area contributed by atoms with Crippen LogP contribution >= 0.6 is 11.3 Å². The summed E-state index contributed by atoms with van der Waals surface area (Å²) >= 11 is 1.24. The van der Waals surface area contributed by atoms with Crippen LogP contribution in [0.4, 0.5) is 5.00 Å². The Morgan fingerprint density at radius 3 is 2.50 bits per heavy atom. The highest BCUT2D eigenvalue weighted by molar-refractivity contribution is 7.20. The largest absolute Gasteiger partial charge is 0.496 e. The van der Waals surface area contributed by atoms with E-state index in [0.717, 1.165) is 27.4 Å². The summed E-state index contributed by atoms with van der Waals surface area (Å²) in [7, 11) is 2.87. The van der Waals surface area contributed by atoms with Gasteiger partial charge in [0, 0.05) is 16.1 Å². The summed E-state index contributed by atoms with van der Waals surface area (Å²) in [6.45, 7) is 4.38. The van der Waals surface area contributed by atoms with Crippen LogP contribution in [0.3, 0.4) is 0 Å². The molecule has 0 aliphatic rings. The van der Waals surface area contributed by atoms with Gasteiger partial charge in [-0.15, -0.1) is 11.3 Å². The van der Waals surface area contributed by atoms with Gasteiger partial charge in [0.05, 0.1) is 32.0 Å². The number of anilines is 1. The molecule has 4 rings (SSSR count). The number of hydrogen-bond acceptors (Lipinski definition) is 7. The van der Waals surface area contributed by atoms with Crippen molar-refractivity contribution in [3.8, 4) is 22.3 Å². The highest BCUT2D eigenvalue weighted by atomic mass is 32.1. The molecule has 0 aliphatic carbocycles. The van der Waals surface area contributed by atoms with Crippen molar-refractivity contribution in [2.24, 2.45) is 0 Å².